The molecular formula is C12H27NO3. The van der Waals surface area contributed by atoms with E-state index in [4.69, 9.17) is 14.6 Å². The molecule has 0 saturated carbocycles. The van der Waals surface area contributed by atoms with Crippen molar-refractivity contribution in [2.24, 2.45) is 0 Å². The Morgan fingerprint density at radius 3 is 2.06 bits per heavy atom. The number of aliphatic hydroxyl groups excluding tert-OH is 1. The van der Waals surface area contributed by atoms with E-state index < -0.39 is 0 Å². The van der Waals surface area contributed by atoms with Crippen LogP contribution in [0.15, 0.2) is 0 Å². The minimum atomic E-state index is -0.156. The van der Waals surface area contributed by atoms with E-state index in [0.29, 0.717) is 19.3 Å². The van der Waals surface area contributed by atoms with Crippen molar-refractivity contribution in [1.82, 2.24) is 4.90 Å². The summed E-state index contributed by atoms with van der Waals surface area (Å²) in [5.74, 6) is 0. The van der Waals surface area contributed by atoms with Gasteiger partial charge in [0.2, 0.25) is 0 Å². The fraction of sp³-hybridized carbons (Fsp3) is 1.00. The smallest absolute Gasteiger partial charge is 0.170 e. The molecule has 98 valence electrons. The molecule has 0 aliphatic rings. The van der Waals surface area contributed by atoms with Crippen molar-refractivity contribution < 1.29 is 14.6 Å². The normalized spacial score (nSPS) is 12.0. The molecule has 0 heterocycles. The summed E-state index contributed by atoms with van der Waals surface area (Å²) in [6.07, 6.45) is 0.638. The van der Waals surface area contributed by atoms with Crippen molar-refractivity contribution in [3.63, 3.8) is 0 Å². The predicted molar refractivity (Wildman–Crippen MR) is 65.5 cm³/mol. The zero-order chi connectivity index (χ0) is 12.4. The summed E-state index contributed by atoms with van der Waals surface area (Å²) in [5, 5.41) is 8.85. The Hall–Kier alpha value is -0.160. The molecule has 4 heteroatoms. The van der Waals surface area contributed by atoms with Gasteiger partial charge in [0.25, 0.3) is 0 Å². The molecule has 0 aromatic rings. The maximum atomic E-state index is 8.85. The van der Waals surface area contributed by atoms with Crippen molar-refractivity contribution in [1.29, 1.82) is 0 Å². The Morgan fingerprint density at radius 1 is 1.12 bits per heavy atom. The first-order valence-electron chi connectivity index (χ1n) is 6.23. The summed E-state index contributed by atoms with van der Waals surface area (Å²) in [5.41, 5.74) is 0. The monoisotopic (exact) mass is 233 g/mol. The van der Waals surface area contributed by atoms with Crippen LogP contribution in [0.1, 0.15) is 34.1 Å². The number of nitrogens with zero attached hydrogens (tertiary/aromatic N) is 1. The van der Waals surface area contributed by atoms with Gasteiger partial charge < -0.3 is 14.6 Å². The quantitative estimate of drug-likeness (QED) is 0.580. The molecule has 1 N–H and O–H groups in total. The topological polar surface area (TPSA) is 41.9 Å². The Kier molecular flexibility index (Phi) is 9.92. The second-order valence-corrected chi connectivity index (χ2v) is 4.01. The molecule has 0 spiro atoms. The summed E-state index contributed by atoms with van der Waals surface area (Å²) in [7, 11) is 0. The van der Waals surface area contributed by atoms with Crippen LogP contribution >= 0.6 is 0 Å². The van der Waals surface area contributed by atoms with Gasteiger partial charge >= 0.3 is 0 Å². The van der Waals surface area contributed by atoms with Crippen LogP contribution in [0.25, 0.3) is 0 Å². The molecule has 0 aromatic heterocycles. The Morgan fingerprint density at radius 2 is 1.69 bits per heavy atom. The van der Waals surface area contributed by atoms with Gasteiger partial charge in [-0.1, -0.05) is 0 Å². The van der Waals surface area contributed by atoms with Crippen LogP contribution in [0.5, 0.6) is 0 Å². The summed E-state index contributed by atoms with van der Waals surface area (Å²) < 4.78 is 11.0. The van der Waals surface area contributed by atoms with Crippen LogP contribution in [-0.4, -0.2) is 55.2 Å². The van der Waals surface area contributed by atoms with E-state index in [2.05, 4.69) is 18.7 Å². The minimum Gasteiger partial charge on any atom is -0.396 e. The van der Waals surface area contributed by atoms with Gasteiger partial charge in [-0.25, -0.2) is 0 Å². The van der Waals surface area contributed by atoms with Gasteiger partial charge in [0, 0.05) is 39.0 Å². The maximum Gasteiger partial charge on any atom is 0.170 e. The van der Waals surface area contributed by atoms with Crippen LogP contribution in [0, 0.1) is 0 Å². The van der Waals surface area contributed by atoms with Crippen molar-refractivity contribution in [2.75, 3.05) is 32.9 Å². The highest BCUT2D eigenvalue weighted by Gasteiger charge is 2.16. The van der Waals surface area contributed by atoms with E-state index in [1.165, 1.54) is 0 Å². The first-order valence-corrected chi connectivity index (χ1v) is 6.23. The van der Waals surface area contributed by atoms with Crippen LogP contribution in [0.3, 0.4) is 0 Å². The summed E-state index contributed by atoms with van der Waals surface area (Å²) in [6.45, 7) is 11.4. The lowest BCUT2D eigenvalue weighted by Gasteiger charge is -2.30. The van der Waals surface area contributed by atoms with E-state index in [1.54, 1.807) is 0 Å². The number of hydrogen-bond acceptors (Lipinski definition) is 4. The second kappa shape index (κ2) is 10.0. The molecule has 0 amide bonds. The van der Waals surface area contributed by atoms with Crippen molar-refractivity contribution >= 4 is 0 Å². The third-order valence-corrected chi connectivity index (χ3v) is 2.42. The highest BCUT2D eigenvalue weighted by atomic mass is 16.7. The van der Waals surface area contributed by atoms with E-state index >= 15 is 0 Å². The number of hydrogen-bond donors (Lipinski definition) is 1. The molecule has 0 saturated heterocycles. The number of aliphatic hydroxyl groups is 1. The Labute approximate surface area is 99.5 Å². The molecule has 0 atom stereocenters. The zero-order valence-electron chi connectivity index (χ0n) is 11.1. The van der Waals surface area contributed by atoms with Crippen molar-refractivity contribution in [3.05, 3.63) is 0 Å². The number of rotatable bonds is 10. The third kappa shape index (κ3) is 7.17. The predicted octanol–water partition coefficient (Wildman–Crippen LogP) is 1.48. The van der Waals surface area contributed by atoms with Gasteiger partial charge in [0.1, 0.15) is 0 Å². The van der Waals surface area contributed by atoms with Crippen LogP contribution < -0.4 is 0 Å². The molecule has 0 radical (unpaired) electrons. The first kappa shape index (κ1) is 15.8. The van der Waals surface area contributed by atoms with Gasteiger partial charge in [-0.3, -0.25) is 4.90 Å². The highest BCUT2D eigenvalue weighted by molar-refractivity contribution is 4.64. The average molecular weight is 233 g/mol. The molecule has 0 bridgehead atoms. The summed E-state index contributed by atoms with van der Waals surface area (Å²) in [4.78, 5) is 2.27. The van der Waals surface area contributed by atoms with E-state index in [-0.39, 0.29) is 12.9 Å². The van der Waals surface area contributed by atoms with Gasteiger partial charge in [-0.2, -0.15) is 0 Å². The van der Waals surface area contributed by atoms with Gasteiger partial charge in [-0.15, -0.1) is 0 Å². The van der Waals surface area contributed by atoms with Gasteiger partial charge in [0.15, 0.2) is 6.29 Å². The standard InChI is InChI=1S/C12H27NO3/c1-5-15-12(16-6-2)10-13(11(3)4)8-7-9-14/h11-12,14H,5-10H2,1-4H3. The zero-order valence-corrected chi connectivity index (χ0v) is 11.1. The molecule has 4 nitrogen and oxygen atoms in total. The largest absolute Gasteiger partial charge is 0.396 e. The lowest BCUT2D eigenvalue weighted by atomic mass is 10.3. The highest BCUT2D eigenvalue weighted by Crippen LogP contribution is 2.05. The van der Waals surface area contributed by atoms with E-state index in [0.717, 1.165) is 19.5 Å². The lowest BCUT2D eigenvalue weighted by molar-refractivity contribution is -0.149. The Balaban J connectivity index is 4.09. The lowest BCUT2D eigenvalue weighted by Crippen LogP contribution is -2.40. The maximum absolute atomic E-state index is 8.85. The fourth-order valence-electron chi connectivity index (χ4n) is 1.55. The molecule has 0 aliphatic heterocycles. The third-order valence-electron chi connectivity index (χ3n) is 2.42. The molecular weight excluding hydrogens is 206 g/mol. The van der Waals surface area contributed by atoms with Crippen molar-refractivity contribution in [2.45, 2.75) is 46.4 Å². The van der Waals surface area contributed by atoms with Crippen LogP contribution in [0.4, 0.5) is 0 Å². The first-order chi connectivity index (χ1) is 7.65. The van der Waals surface area contributed by atoms with Crippen LogP contribution in [-0.2, 0) is 9.47 Å². The molecule has 16 heavy (non-hydrogen) atoms. The van der Waals surface area contributed by atoms with E-state index in [9.17, 15) is 0 Å². The minimum absolute atomic E-state index is 0.156. The van der Waals surface area contributed by atoms with Crippen molar-refractivity contribution in [3.8, 4) is 0 Å². The Bertz CT molecular complexity index is 147. The average Bonchev–Trinajstić information content (AvgIpc) is 2.24. The molecule has 0 aliphatic carbocycles. The molecule has 0 fully saturated rings. The second-order valence-electron chi connectivity index (χ2n) is 4.01. The fourth-order valence-corrected chi connectivity index (χ4v) is 1.55. The number of ether oxygens (including phenoxy) is 2. The van der Waals surface area contributed by atoms with Gasteiger partial charge in [-0.05, 0) is 34.1 Å². The molecule has 0 aromatic carbocycles. The van der Waals surface area contributed by atoms with Crippen LogP contribution in [0.2, 0.25) is 0 Å². The molecule has 0 unspecified atom stereocenters. The van der Waals surface area contributed by atoms with Gasteiger partial charge in [0.05, 0.1) is 0 Å². The summed E-state index contributed by atoms with van der Waals surface area (Å²) in [6, 6.07) is 0.440. The van der Waals surface area contributed by atoms with E-state index in [1.807, 2.05) is 13.8 Å². The molecule has 0 rings (SSSR count). The SMILES string of the molecule is CCOC(CN(CCCO)C(C)C)OCC. The summed E-state index contributed by atoms with van der Waals surface area (Å²) >= 11 is 0.